The molecule has 0 aliphatic heterocycles. The van der Waals surface area contributed by atoms with Gasteiger partial charge in [-0.05, 0) is 42.2 Å². The number of carbonyl (C=O) groups is 1. The molecule has 2 heteroatoms. The van der Waals surface area contributed by atoms with Gasteiger partial charge in [-0.2, -0.15) is 0 Å². The first-order chi connectivity index (χ1) is 8.82. The maximum atomic E-state index is 12.2. The number of carbonyl (C=O) groups excluding carboxylic acids is 1. The van der Waals surface area contributed by atoms with Crippen molar-refractivity contribution >= 4 is 5.91 Å². The zero-order chi connectivity index (χ0) is 14.1. The van der Waals surface area contributed by atoms with Gasteiger partial charge >= 0.3 is 0 Å². The van der Waals surface area contributed by atoms with Crippen LogP contribution in [-0.4, -0.2) is 11.9 Å². The Kier molecular flexibility index (Phi) is 3.71. The fourth-order valence-corrected chi connectivity index (χ4v) is 2.85. The van der Waals surface area contributed by atoms with Crippen LogP contribution in [0.15, 0.2) is 30.3 Å². The zero-order valence-corrected chi connectivity index (χ0v) is 12.5. The summed E-state index contributed by atoms with van der Waals surface area (Å²) in [7, 11) is 0. The van der Waals surface area contributed by atoms with E-state index >= 15 is 0 Å². The molecule has 1 saturated carbocycles. The summed E-state index contributed by atoms with van der Waals surface area (Å²) in [5.74, 6) is 0.0566. The van der Waals surface area contributed by atoms with Crippen LogP contribution in [0, 0.1) is 10.8 Å². The van der Waals surface area contributed by atoms with Crippen LogP contribution in [0.1, 0.15) is 57.3 Å². The van der Waals surface area contributed by atoms with Crippen LogP contribution in [0.5, 0.6) is 0 Å². The standard InChI is InChI=1S/C17H25NO/c1-16(2)11-10-14(12-17(16,3)4)18-15(19)13-8-6-5-7-9-13/h5-9,14H,10-12H2,1-4H3,(H,18,19)/t14-/m0/s1. The van der Waals surface area contributed by atoms with Crippen LogP contribution >= 0.6 is 0 Å². The first-order valence-electron chi connectivity index (χ1n) is 7.18. The fourth-order valence-electron chi connectivity index (χ4n) is 2.85. The number of rotatable bonds is 2. The van der Waals surface area contributed by atoms with Gasteiger partial charge in [0.05, 0.1) is 0 Å². The summed E-state index contributed by atoms with van der Waals surface area (Å²) in [6.07, 6.45) is 3.30. The van der Waals surface area contributed by atoms with Gasteiger partial charge in [0.15, 0.2) is 0 Å². The lowest BCUT2D eigenvalue weighted by atomic mass is 9.58. The summed E-state index contributed by atoms with van der Waals surface area (Å²) in [5.41, 5.74) is 1.37. The van der Waals surface area contributed by atoms with Crippen molar-refractivity contribution in [2.45, 2.75) is 53.0 Å². The molecule has 1 aliphatic rings. The molecule has 0 spiro atoms. The molecule has 1 aromatic carbocycles. The minimum Gasteiger partial charge on any atom is -0.349 e. The predicted octanol–water partition coefficient (Wildman–Crippen LogP) is 4.02. The van der Waals surface area contributed by atoms with Crippen molar-refractivity contribution in [1.29, 1.82) is 0 Å². The molecule has 0 bridgehead atoms. The predicted molar refractivity (Wildman–Crippen MR) is 79.1 cm³/mol. The van der Waals surface area contributed by atoms with Gasteiger partial charge in [0.2, 0.25) is 0 Å². The largest absolute Gasteiger partial charge is 0.349 e. The molecule has 2 rings (SSSR count). The molecule has 0 unspecified atom stereocenters. The maximum absolute atomic E-state index is 12.2. The van der Waals surface area contributed by atoms with Crippen molar-refractivity contribution in [3.05, 3.63) is 35.9 Å². The highest BCUT2D eigenvalue weighted by molar-refractivity contribution is 5.94. The second kappa shape index (κ2) is 4.99. The van der Waals surface area contributed by atoms with Gasteiger partial charge in [0.1, 0.15) is 0 Å². The maximum Gasteiger partial charge on any atom is 0.251 e. The number of amides is 1. The Morgan fingerprint density at radius 1 is 1.11 bits per heavy atom. The van der Waals surface area contributed by atoms with Crippen molar-refractivity contribution in [2.24, 2.45) is 10.8 Å². The monoisotopic (exact) mass is 259 g/mol. The minimum absolute atomic E-state index is 0.0566. The molecule has 0 saturated heterocycles. The van der Waals surface area contributed by atoms with Gasteiger partial charge < -0.3 is 5.32 Å². The molecule has 0 heterocycles. The van der Waals surface area contributed by atoms with E-state index in [1.807, 2.05) is 30.3 Å². The van der Waals surface area contributed by atoms with Crippen LogP contribution in [0.2, 0.25) is 0 Å². The van der Waals surface area contributed by atoms with E-state index in [4.69, 9.17) is 0 Å². The summed E-state index contributed by atoms with van der Waals surface area (Å²) in [4.78, 5) is 12.2. The summed E-state index contributed by atoms with van der Waals surface area (Å²) in [5, 5.41) is 3.19. The minimum atomic E-state index is 0.0566. The van der Waals surface area contributed by atoms with E-state index in [0.29, 0.717) is 11.5 Å². The molecular formula is C17H25NO. The lowest BCUT2D eigenvalue weighted by molar-refractivity contribution is 0.0321. The summed E-state index contributed by atoms with van der Waals surface area (Å²) < 4.78 is 0. The molecule has 19 heavy (non-hydrogen) atoms. The average molecular weight is 259 g/mol. The molecule has 1 N–H and O–H groups in total. The fraction of sp³-hybridized carbons (Fsp3) is 0.588. The lowest BCUT2D eigenvalue weighted by Crippen LogP contribution is -2.47. The van der Waals surface area contributed by atoms with Gasteiger partial charge in [0, 0.05) is 11.6 Å². The highest BCUT2D eigenvalue weighted by atomic mass is 16.1. The second-order valence-electron chi connectivity index (χ2n) is 7.05. The molecule has 2 nitrogen and oxygen atoms in total. The van der Waals surface area contributed by atoms with Gasteiger partial charge in [-0.15, -0.1) is 0 Å². The quantitative estimate of drug-likeness (QED) is 0.854. The Bertz CT molecular complexity index is 448. The third-order valence-electron chi connectivity index (χ3n) is 5.08. The number of hydrogen-bond donors (Lipinski definition) is 1. The first kappa shape index (κ1) is 14.1. The lowest BCUT2D eigenvalue weighted by Gasteiger charge is -2.48. The van der Waals surface area contributed by atoms with E-state index in [-0.39, 0.29) is 11.3 Å². The van der Waals surface area contributed by atoms with E-state index < -0.39 is 0 Å². The smallest absolute Gasteiger partial charge is 0.251 e. The van der Waals surface area contributed by atoms with Gasteiger partial charge in [-0.3, -0.25) is 4.79 Å². The molecule has 0 aromatic heterocycles. The van der Waals surface area contributed by atoms with Gasteiger partial charge in [-0.25, -0.2) is 0 Å². The van der Waals surface area contributed by atoms with Crippen LogP contribution in [0.4, 0.5) is 0 Å². The van der Waals surface area contributed by atoms with Crippen LogP contribution in [-0.2, 0) is 0 Å². The summed E-state index contributed by atoms with van der Waals surface area (Å²) in [6, 6.07) is 9.78. The molecule has 1 aliphatic carbocycles. The summed E-state index contributed by atoms with van der Waals surface area (Å²) in [6.45, 7) is 9.30. The van der Waals surface area contributed by atoms with Crippen molar-refractivity contribution in [2.75, 3.05) is 0 Å². The third-order valence-corrected chi connectivity index (χ3v) is 5.08. The van der Waals surface area contributed by atoms with Crippen molar-refractivity contribution < 1.29 is 4.79 Å². The van der Waals surface area contributed by atoms with Gasteiger partial charge in [-0.1, -0.05) is 45.9 Å². The normalized spacial score (nSPS) is 24.7. The average Bonchev–Trinajstić information content (AvgIpc) is 2.35. The molecule has 1 fully saturated rings. The first-order valence-corrected chi connectivity index (χ1v) is 7.18. The van der Waals surface area contributed by atoms with Gasteiger partial charge in [0.25, 0.3) is 5.91 Å². The van der Waals surface area contributed by atoms with Crippen molar-refractivity contribution in [3.63, 3.8) is 0 Å². The third kappa shape index (κ3) is 2.99. The Morgan fingerprint density at radius 2 is 1.74 bits per heavy atom. The van der Waals surface area contributed by atoms with Crippen molar-refractivity contribution in [3.8, 4) is 0 Å². The molecule has 1 atom stereocenters. The van der Waals surface area contributed by atoms with E-state index in [2.05, 4.69) is 33.0 Å². The Labute approximate surface area is 116 Å². The Morgan fingerprint density at radius 3 is 2.32 bits per heavy atom. The van der Waals surface area contributed by atoms with Crippen LogP contribution < -0.4 is 5.32 Å². The molecule has 1 aromatic rings. The Hall–Kier alpha value is -1.31. The van der Waals surface area contributed by atoms with Crippen LogP contribution in [0.3, 0.4) is 0 Å². The SMILES string of the molecule is CC1(C)CC[C@H](NC(=O)c2ccccc2)CC1(C)C. The van der Waals surface area contributed by atoms with Crippen LogP contribution in [0.25, 0.3) is 0 Å². The second-order valence-corrected chi connectivity index (χ2v) is 7.05. The highest BCUT2D eigenvalue weighted by Gasteiger charge is 2.42. The number of benzene rings is 1. The Balaban J connectivity index is 2.00. The molecular weight excluding hydrogens is 234 g/mol. The van der Waals surface area contributed by atoms with E-state index in [9.17, 15) is 4.79 Å². The van der Waals surface area contributed by atoms with Crippen molar-refractivity contribution in [1.82, 2.24) is 5.32 Å². The number of hydrogen-bond acceptors (Lipinski definition) is 1. The number of nitrogens with one attached hydrogen (secondary N) is 1. The summed E-state index contributed by atoms with van der Waals surface area (Å²) >= 11 is 0. The topological polar surface area (TPSA) is 29.1 Å². The van der Waals surface area contributed by atoms with E-state index in [1.54, 1.807) is 0 Å². The zero-order valence-electron chi connectivity index (χ0n) is 12.5. The molecule has 1 amide bonds. The van der Waals surface area contributed by atoms with E-state index in [1.165, 1.54) is 6.42 Å². The highest BCUT2D eigenvalue weighted by Crippen LogP contribution is 2.49. The molecule has 0 radical (unpaired) electrons. The molecule has 104 valence electrons. The van der Waals surface area contributed by atoms with E-state index in [0.717, 1.165) is 18.4 Å².